The Hall–Kier alpha value is -3.09. The quantitative estimate of drug-likeness (QED) is 0.871. The number of urea groups is 1. The molecular weight excluding hydrogens is 327 g/mol. The van der Waals surface area contributed by atoms with Crippen molar-refractivity contribution in [1.82, 2.24) is 10.2 Å². The number of fused-ring (bicyclic) bond motifs is 1. The maximum atomic E-state index is 13.3. The lowest BCUT2D eigenvalue weighted by Gasteiger charge is -2.22. The summed E-state index contributed by atoms with van der Waals surface area (Å²) in [4.78, 5) is 26.3. The van der Waals surface area contributed by atoms with Crippen molar-refractivity contribution in [2.24, 2.45) is 0 Å². The summed E-state index contributed by atoms with van der Waals surface area (Å²) in [6.07, 6.45) is 0. The monoisotopic (exact) mass is 342 g/mol. The molecule has 0 bridgehead atoms. The van der Waals surface area contributed by atoms with Crippen LogP contribution in [0, 0.1) is 5.82 Å². The minimum Gasteiger partial charge on any atom is -0.454 e. The number of hydrogen-bond donors (Lipinski definition) is 1. The van der Waals surface area contributed by atoms with Gasteiger partial charge < -0.3 is 14.8 Å². The first-order valence-corrected chi connectivity index (χ1v) is 7.76. The molecule has 1 unspecified atom stereocenters. The Labute approximate surface area is 143 Å². The normalized spacial score (nSPS) is 21.6. The molecular formula is C18H15FN2O4. The fourth-order valence-electron chi connectivity index (χ4n) is 3.06. The SMILES string of the molecule is CC1(c2ccc3c(c2)OCO3)NC(=O)N(Cc2cccc(F)c2)C1=O. The van der Waals surface area contributed by atoms with Crippen molar-refractivity contribution in [3.05, 3.63) is 59.4 Å². The van der Waals surface area contributed by atoms with Crippen LogP contribution in [0.15, 0.2) is 42.5 Å². The van der Waals surface area contributed by atoms with E-state index in [-0.39, 0.29) is 13.3 Å². The van der Waals surface area contributed by atoms with Crippen LogP contribution in [0.2, 0.25) is 0 Å². The molecule has 1 N–H and O–H groups in total. The molecule has 2 heterocycles. The molecule has 3 amide bonds. The van der Waals surface area contributed by atoms with Gasteiger partial charge in [-0.2, -0.15) is 0 Å². The smallest absolute Gasteiger partial charge is 0.325 e. The summed E-state index contributed by atoms with van der Waals surface area (Å²) in [6, 6.07) is 10.4. The largest absolute Gasteiger partial charge is 0.454 e. The molecule has 25 heavy (non-hydrogen) atoms. The molecule has 7 heteroatoms. The highest BCUT2D eigenvalue weighted by Gasteiger charge is 2.49. The van der Waals surface area contributed by atoms with Crippen LogP contribution in [0.5, 0.6) is 11.5 Å². The van der Waals surface area contributed by atoms with Crippen LogP contribution in [0.25, 0.3) is 0 Å². The van der Waals surface area contributed by atoms with E-state index in [0.29, 0.717) is 22.6 Å². The fraction of sp³-hybridized carbons (Fsp3) is 0.222. The molecule has 4 rings (SSSR count). The number of nitrogens with one attached hydrogen (secondary N) is 1. The van der Waals surface area contributed by atoms with Gasteiger partial charge in [-0.25, -0.2) is 9.18 Å². The summed E-state index contributed by atoms with van der Waals surface area (Å²) in [5.41, 5.74) is -0.0824. The van der Waals surface area contributed by atoms with Gasteiger partial charge in [-0.1, -0.05) is 18.2 Å². The topological polar surface area (TPSA) is 67.9 Å². The molecule has 6 nitrogen and oxygen atoms in total. The Kier molecular flexibility index (Phi) is 3.38. The zero-order valence-corrected chi connectivity index (χ0v) is 13.4. The van der Waals surface area contributed by atoms with Gasteiger partial charge in [0.05, 0.1) is 6.54 Å². The molecule has 1 atom stereocenters. The second-order valence-corrected chi connectivity index (χ2v) is 6.14. The van der Waals surface area contributed by atoms with Crippen LogP contribution >= 0.6 is 0 Å². The summed E-state index contributed by atoms with van der Waals surface area (Å²) < 4.78 is 24.0. The van der Waals surface area contributed by atoms with E-state index in [1.807, 2.05) is 0 Å². The molecule has 0 aliphatic carbocycles. The van der Waals surface area contributed by atoms with Crippen LogP contribution in [-0.4, -0.2) is 23.6 Å². The zero-order chi connectivity index (χ0) is 17.6. The van der Waals surface area contributed by atoms with Gasteiger partial charge in [0.25, 0.3) is 5.91 Å². The molecule has 128 valence electrons. The standard InChI is InChI=1S/C18H15FN2O4/c1-18(12-5-6-14-15(8-12)25-10-24-14)16(22)21(17(23)20-18)9-11-3-2-4-13(19)7-11/h2-8H,9-10H2,1H3,(H,20,23). The molecule has 0 saturated carbocycles. The van der Waals surface area contributed by atoms with Crippen molar-refractivity contribution in [1.29, 1.82) is 0 Å². The number of amides is 3. The van der Waals surface area contributed by atoms with Gasteiger partial charge in [0.2, 0.25) is 6.79 Å². The van der Waals surface area contributed by atoms with Gasteiger partial charge in [-0.05, 0) is 42.3 Å². The molecule has 2 aromatic carbocycles. The average Bonchev–Trinajstić information content (AvgIpc) is 3.13. The minimum atomic E-state index is -1.22. The van der Waals surface area contributed by atoms with Gasteiger partial charge in [-0.15, -0.1) is 0 Å². The van der Waals surface area contributed by atoms with Crippen molar-refractivity contribution in [3.63, 3.8) is 0 Å². The molecule has 0 aromatic heterocycles. The first-order valence-electron chi connectivity index (χ1n) is 7.76. The summed E-state index contributed by atoms with van der Waals surface area (Å²) >= 11 is 0. The van der Waals surface area contributed by atoms with Crippen molar-refractivity contribution in [3.8, 4) is 11.5 Å². The number of benzene rings is 2. The lowest BCUT2D eigenvalue weighted by atomic mass is 9.91. The van der Waals surface area contributed by atoms with E-state index in [4.69, 9.17) is 9.47 Å². The minimum absolute atomic E-state index is 0.00255. The number of rotatable bonds is 3. The second kappa shape index (κ2) is 5.47. The van der Waals surface area contributed by atoms with Crippen LogP contribution in [0.3, 0.4) is 0 Å². The highest BCUT2D eigenvalue weighted by atomic mass is 19.1. The number of imide groups is 1. The van der Waals surface area contributed by atoms with Crippen LogP contribution in [-0.2, 0) is 16.9 Å². The summed E-state index contributed by atoms with van der Waals surface area (Å²) in [5.74, 6) is 0.314. The van der Waals surface area contributed by atoms with E-state index < -0.39 is 23.3 Å². The predicted octanol–water partition coefficient (Wildman–Crippen LogP) is 2.52. The molecule has 0 spiro atoms. The fourth-order valence-corrected chi connectivity index (χ4v) is 3.06. The first kappa shape index (κ1) is 15.4. The number of hydrogen-bond acceptors (Lipinski definition) is 4. The third-order valence-corrected chi connectivity index (χ3v) is 4.45. The zero-order valence-electron chi connectivity index (χ0n) is 13.4. The molecule has 2 aliphatic heterocycles. The van der Waals surface area contributed by atoms with Crippen LogP contribution in [0.4, 0.5) is 9.18 Å². The predicted molar refractivity (Wildman–Crippen MR) is 85.4 cm³/mol. The van der Waals surface area contributed by atoms with Crippen molar-refractivity contribution >= 4 is 11.9 Å². The van der Waals surface area contributed by atoms with Crippen molar-refractivity contribution in [2.45, 2.75) is 19.0 Å². The third kappa shape index (κ3) is 2.48. The molecule has 0 radical (unpaired) electrons. The Morgan fingerprint density at radius 2 is 1.96 bits per heavy atom. The molecule has 2 aliphatic rings. The number of ether oxygens (including phenoxy) is 2. The van der Waals surface area contributed by atoms with E-state index >= 15 is 0 Å². The lowest BCUT2D eigenvalue weighted by molar-refractivity contribution is -0.131. The third-order valence-electron chi connectivity index (χ3n) is 4.45. The van der Waals surface area contributed by atoms with Gasteiger partial charge in [0, 0.05) is 0 Å². The van der Waals surface area contributed by atoms with E-state index in [1.165, 1.54) is 12.1 Å². The lowest BCUT2D eigenvalue weighted by Crippen LogP contribution is -2.40. The number of carbonyl (C=O) groups excluding carboxylic acids is 2. The number of carbonyl (C=O) groups is 2. The van der Waals surface area contributed by atoms with Crippen LogP contribution < -0.4 is 14.8 Å². The van der Waals surface area contributed by atoms with Gasteiger partial charge in [-0.3, -0.25) is 9.69 Å². The first-order chi connectivity index (χ1) is 12.0. The van der Waals surface area contributed by atoms with Gasteiger partial charge >= 0.3 is 6.03 Å². The summed E-state index contributed by atoms with van der Waals surface area (Å²) in [5, 5.41) is 2.72. The molecule has 1 fully saturated rings. The van der Waals surface area contributed by atoms with Crippen LogP contribution in [0.1, 0.15) is 18.1 Å². The average molecular weight is 342 g/mol. The van der Waals surface area contributed by atoms with Gasteiger partial charge in [0.15, 0.2) is 11.5 Å². The molecule has 2 aromatic rings. The highest BCUT2D eigenvalue weighted by molar-refractivity contribution is 6.07. The van der Waals surface area contributed by atoms with E-state index in [0.717, 1.165) is 4.90 Å². The summed E-state index contributed by atoms with van der Waals surface area (Å²) in [7, 11) is 0. The Morgan fingerprint density at radius 3 is 2.76 bits per heavy atom. The Morgan fingerprint density at radius 1 is 1.16 bits per heavy atom. The summed E-state index contributed by atoms with van der Waals surface area (Å²) in [6.45, 7) is 1.76. The molecule has 1 saturated heterocycles. The maximum absolute atomic E-state index is 13.3. The second-order valence-electron chi connectivity index (χ2n) is 6.14. The van der Waals surface area contributed by atoms with Gasteiger partial charge in [0.1, 0.15) is 11.4 Å². The van der Waals surface area contributed by atoms with E-state index in [9.17, 15) is 14.0 Å². The van der Waals surface area contributed by atoms with Crippen molar-refractivity contribution < 1.29 is 23.5 Å². The highest BCUT2D eigenvalue weighted by Crippen LogP contribution is 2.38. The van der Waals surface area contributed by atoms with E-state index in [1.54, 1.807) is 37.3 Å². The van der Waals surface area contributed by atoms with Crippen molar-refractivity contribution in [2.75, 3.05) is 6.79 Å². The Bertz CT molecular complexity index is 885. The van der Waals surface area contributed by atoms with E-state index in [2.05, 4.69) is 5.32 Å². The number of halogens is 1. The Balaban J connectivity index is 1.63. The number of nitrogens with zero attached hydrogens (tertiary/aromatic N) is 1. The maximum Gasteiger partial charge on any atom is 0.325 e.